The third kappa shape index (κ3) is 1.63. The van der Waals surface area contributed by atoms with Crippen LogP contribution < -0.4 is 0 Å². The predicted octanol–water partition coefficient (Wildman–Crippen LogP) is 1.51. The maximum Gasteiger partial charge on any atom is 0.340 e. The van der Waals surface area contributed by atoms with Gasteiger partial charge in [0.15, 0.2) is 0 Å². The predicted molar refractivity (Wildman–Crippen MR) is 59.0 cm³/mol. The SMILES string of the molecule is COC(=O)c1ccc(CO)c2cccnc12. The van der Waals surface area contributed by atoms with Gasteiger partial charge in [0.2, 0.25) is 0 Å². The smallest absolute Gasteiger partial charge is 0.340 e. The second-order valence-electron chi connectivity index (χ2n) is 3.32. The molecule has 0 spiro atoms. The number of aliphatic hydroxyl groups is 1. The van der Waals surface area contributed by atoms with E-state index in [1.165, 1.54) is 7.11 Å². The van der Waals surface area contributed by atoms with E-state index in [-0.39, 0.29) is 6.61 Å². The van der Waals surface area contributed by atoms with E-state index in [2.05, 4.69) is 9.72 Å². The Morgan fingerprint density at radius 2 is 2.25 bits per heavy atom. The van der Waals surface area contributed by atoms with E-state index in [4.69, 9.17) is 0 Å². The number of hydrogen-bond acceptors (Lipinski definition) is 4. The van der Waals surface area contributed by atoms with E-state index < -0.39 is 5.97 Å². The van der Waals surface area contributed by atoms with Crippen LogP contribution in [0.25, 0.3) is 10.9 Å². The maximum atomic E-state index is 11.5. The number of rotatable bonds is 2. The van der Waals surface area contributed by atoms with E-state index in [1.807, 2.05) is 6.07 Å². The average Bonchev–Trinajstić information content (AvgIpc) is 2.36. The molecule has 0 saturated heterocycles. The molecule has 1 aromatic heterocycles. The molecular weight excluding hydrogens is 206 g/mol. The summed E-state index contributed by atoms with van der Waals surface area (Å²) in [6.07, 6.45) is 1.61. The van der Waals surface area contributed by atoms with Crippen molar-refractivity contribution in [3.63, 3.8) is 0 Å². The molecule has 1 aromatic carbocycles. The van der Waals surface area contributed by atoms with Gasteiger partial charge in [-0.05, 0) is 17.7 Å². The van der Waals surface area contributed by atoms with Gasteiger partial charge in [0, 0.05) is 11.6 Å². The maximum absolute atomic E-state index is 11.5. The van der Waals surface area contributed by atoms with Crippen LogP contribution in [0.4, 0.5) is 0 Å². The van der Waals surface area contributed by atoms with Gasteiger partial charge in [0.25, 0.3) is 0 Å². The van der Waals surface area contributed by atoms with E-state index in [0.29, 0.717) is 11.1 Å². The van der Waals surface area contributed by atoms with Crippen molar-refractivity contribution in [2.45, 2.75) is 6.61 Å². The fraction of sp³-hybridized carbons (Fsp3) is 0.167. The topological polar surface area (TPSA) is 59.4 Å². The van der Waals surface area contributed by atoms with Crippen LogP contribution in [0.2, 0.25) is 0 Å². The lowest BCUT2D eigenvalue weighted by Gasteiger charge is -2.07. The zero-order chi connectivity index (χ0) is 11.5. The van der Waals surface area contributed by atoms with Gasteiger partial charge in [-0.2, -0.15) is 0 Å². The number of benzene rings is 1. The summed E-state index contributed by atoms with van der Waals surface area (Å²) in [7, 11) is 1.33. The Labute approximate surface area is 92.5 Å². The van der Waals surface area contributed by atoms with Crippen LogP contribution in [0.15, 0.2) is 30.5 Å². The molecule has 4 nitrogen and oxygen atoms in total. The first kappa shape index (κ1) is 10.6. The van der Waals surface area contributed by atoms with E-state index in [1.54, 1.807) is 24.4 Å². The monoisotopic (exact) mass is 217 g/mol. The molecule has 0 aliphatic heterocycles. The Kier molecular flexibility index (Phi) is 2.83. The first-order valence-corrected chi connectivity index (χ1v) is 4.83. The van der Waals surface area contributed by atoms with Gasteiger partial charge >= 0.3 is 5.97 Å². The molecule has 0 bridgehead atoms. The summed E-state index contributed by atoms with van der Waals surface area (Å²) in [6, 6.07) is 6.91. The van der Waals surface area contributed by atoms with Gasteiger partial charge in [-0.1, -0.05) is 12.1 Å². The summed E-state index contributed by atoms with van der Waals surface area (Å²) in [5.41, 5.74) is 1.71. The van der Waals surface area contributed by atoms with Crippen molar-refractivity contribution in [3.8, 4) is 0 Å². The van der Waals surface area contributed by atoms with E-state index >= 15 is 0 Å². The summed E-state index contributed by atoms with van der Waals surface area (Å²) < 4.78 is 4.68. The van der Waals surface area contributed by atoms with Crippen LogP contribution in [-0.2, 0) is 11.3 Å². The molecule has 0 saturated carbocycles. The number of methoxy groups -OCH3 is 1. The molecular formula is C12H11NO3. The van der Waals surface area contributed by atoms with Crippen molar-refractivity contribution in [3.05, 3.63) is 41.6 Å². The largest absolute Gasteiger partial charge is 0.465 e. The highest BCUT2D eigenvalue weighted by Gasteiger charge is 2.12. The molecule has 4 heteroatoms. The second-order valence-corrected chi connectivity index (χ2v) is 3.32. The summed E-state index contributed by atoms with van der Waals surface area (Å²) >= 11 is 0. The molecule has 2 rings (SSSR count). The number of aliphatic hydroxyl groups excluding tert-OH is 1. The first-order valence-electron chi connectivity index (χ1n) is 4.83. The molecule has 16 heavy (non-hydrogen) atoms. The van der Waals surface area contributed by atoms with Crippen molar-refractivity contribution >= 4 is 16.9 Å². The number of aromatic nitrogens is 1. The molecule has 0 atom stereocenters. The number of nitrogens with zero attached hydrogens (tertiary/aromatic N) is 1. The molecule has 82 valence electrons. The Balaban J connectivity index is 2.74. The summed E-state index contributed by atoms with van der Waals surface area (Å²) in [5.74, 6) is -0.423. The zero-order valence-electron chi connectivity index (χ0n) is 8.80. The fourth-order valence-electron chi connectivity index (χ4n) is 1.64. The van der Waals surface area contributed by atoms with Crippen LogP contribution in [-0.4, -0.2) is 23.2 Å². The van der Waals surface area contributed by atoms with Gasteiger partial charge in [-0.15, -0.1) is 0 Å². The van der Waals surface area contributed by atoms with Gasteiger partial charge in [0.05, 0.1) is 24.8 Å². The van der Waals surface area contributed by atoms with Crippen molar-refractivity contribution in [1.82, 2.24) is 4.98 Å². The van der Waals surface area contributed by atoms with Crippen LogP contribution in [0.1, 0.15) is 15.9 Å². The summed E-state index contributed by atoms with van der Waals surface area (Å²) in [6.45, 7) is -0.0797. The van der Waals surface area contributed by atoms with Gasteiger partial charge in [-0.3, -0.25) is 4.98 Å². The number of carbonyl (C=O) groups is 1. The Morgan fingerprint density at radius 3 is 2.94 bits per heavy atom. The number of pyridine rings is 1. The molecule has 0 unspecified atom stereocenters. The van der Waals surface area contributed by atoms with E-state index in [0.717, 1.165) is 10.9 Å². The highest BCUT2D eigenvalue weighted by atomic mass is 16.5. The molecule has 0 amide bonds. The second kappa shape index (κ2) is 4.28. The molecule has 2 aromatic rings. The van der Waals surface area contributed by atoms with Crippen LogP contribution >= 0.6 is 0 Å². The van der Waals surface area contributed by atoms with Gasteiger partial charge < -0.3 is 9.84 Å². The summed E-state index contributed by atoms with van der Waals surface area (Å²) in [4.78, 5) is 15.6. The van der Waals surface area contributed by atoms with Crippen LogP contribution in [0.5, 0.6) is 0 Å². The average molecular weight is 217 g/mol. The van der Waals surface area contributed by atoms with Crippen molar-refractivity contribution < 1.29 is 14.6 Å². The lowest BCUT2D eigenvalue weighted by Crippen LogP contribution is -2.04. The minimum Gasteiger partial charge on any atom is -0.465 e. The lowest BCUT2D eigenvalue weighted by molar-refractivity contribution is 0.0602. The first-order chi connectivity index (χ1) is 7.77. The molecule has 0 fully saturated rings. The van der Waals surface area contributed by atoms with Crippen molar-refractivity contribution in [2.75, 3.05) is 7.11 Å². The quantitative estimate of drug-likeness (QED) is 0.775. The molecule has 0 radical (unpaired) electrons. The Morgan fingerprint density at radius 1 is 1.44 bits per heavy atom. The molecule has 1 N–H and O–H groups in total. The lowest BCUT2D eigenvalue weighted by atomic mass is 10.0. The minimum atomic E-state index is -0.423. The van der Waals surface area contributed by atoms with Gasteiger partial charge in [-0.25, -0.2) is 4.79 Å². The third-order valence-electron chi connectivity index (χ3n) is 2.44. The normalized spacial score (nSPS) is 10.4. The molecule has 0 aliphatic carbocycles. The zero-order valence-corrected chi connectivity index (χ0v) is 8.80. The Bertz CT molecular complexity index is 537. The third-order valence-corrected chi connectivity index (χ3v) is 2.44. The fourth-order valence-corrected chi connectivity index (χ4v) is 1.64. The number of carbonyl (C=O) groups excluding carboxylic acids is 1. The number of hydrogen-bond donors (Lipinski definition) is 1. The van der Waals surface area contributed by atoms with E-state index in [9.17, 15) is 9.90 Å². The highest BCUT2D eigenvalue weighted by molar-refractivity contribution is 6.03. The van der Waals surface area contributed by atoms with Crippen LogP contribution in [0.3, 0.4) is 0 Å². The van der Waals surface area contributed by atoms with Crippen molar-refractivity contribution in [2.24, 2.45) is 0 Å². The van der Waals surface area contributed by atoms with Crippen molar-refractivity contribution in [1.29, 1.82) is 0 Å². The standard InChI is InChI=1S/C12H11NO3/c1-16-12(15)10-5-4-8(7-14)9-3-2-6-13-11(9)10/h2-6,14H,7H2,1H3. The van der Waals surface area contributed by atoms with Crippen LogP contribution in [0, 0.1) is 0 Å². The molecule has 0 aliphatic rings. The molecule has 1 heterocycles. The number of esters is 1. The summed E-state index contributed by atoms with van der Waals surface area (Å²) in [5, 5.41) is 9.95. The number of fused-ring (bicyclic) bond motifs is 1. The Hall–Kier alpha value is -1.94. The number of ether oxygens (including phenoxy) is 1. The minimum absolute atomic E-state index is 0.0797. The van der Waals surface area contributed by atoms with Gasteiger partial charge in [0.1, 0.15) is 0 Å². The highest BCUT2D eigenvalue weighted by Crippen LogP contribution is 2.21.